The quantitative estimate of drug-likeness (QED) is 0.401. The zero-order chi connectivity index (χ0) is 15.6. The maximum atomic E-state index is 9.64. The van der Waals surface area contributed by atoms with Gasteiger partial charge in [-0.25, -0.2) is 0 Å². The molecule has 118 valence electrons. The fourth-order valence-electron chi connectivity index (χ4n) is 1.35. The van der Waals surface area contributed by atoms with Crippen molar-refractivity contribution in [1.29, 1.82) is 0 Å². The van der Waals surface area contributed by atoms with Gasteiger partial charge in [0.15, 0.2) is 0 Å². The van der Waals surface area contributed by atoms with Crippen LogP contribution in [0.2, 0.25) is 0 Å². The summed E-state index contributed by atoms with van der Waals surface area (Å²) < 4.78 is 0. The molecule has 0 aliphatic carbocycles. The van der Waals surface area contributed by atoms with Crippen molar-refractivity contribution < 1.29 is 24.9 Å². The number of carboxylic acid groups (broad SMARTS) is 2. The van der Waals surface area contributed by atoms with Crippen LogP contribution in [0, 0.1) is 0 Å². The molecule has 0 amide bonds. The Kier molecular flexibility index (Phi) is 18.5. The number of rotatable bonds is 11. The molecule has 5 nitrogen and oxygen atoms in total. The second-order valence-electron chi connectivity index (χ2n) is 4.47. The first-order valence-corrected chi connectivity index (χ1v) is 7.24. The van der Waals surface area contributed by atoms with Crippen LogP contribution in [0.15, 0.2) is 12.2 Å². The minimum absolute atomic E-state index is 0.296. The Morgan fingerprint density at radius 3 is 1.75 bits per heavy atom. The Morgan fingerprint density at radius 2 is 1.35 bits per heavy atom. The fourth-order valence-corrected chi connectivity index (χ4v) is 1.35. The molecule has 20 heavy (non-hydrogen) atoms. The lowest BCUT2D eigenvalue weighted by molar-refractivity contribution is -0.143. The third-order valence-electron chi connectivity index (χ3n) is 2.47. The highest BCUT2D eigenvalue weighted by Gasteiger charge is 2.00. The van der Waals surface area contributed by atoms with Crippen LogP contribution < -0.4 is 0 Å². The Bertz CT molecular complexity index is 247. The maximum absolute atomic E-state index is 9.64. The van der Waals surface area contributed by atoms with Crippen molar-refractivity contribution in [3.05, 3.63) is 12.2 Å². The summed E-state index contributed by atoms with van der Waals surface area (Å²) in [7, 11) is 0. The Labute approximate surface area is 121 Å². The first-order chi connectivity index (χ1) is 9.54. The second kappa shape index (κ2) is 17.6. The van der Waals surface area contributed by atoms with E-state index in [-0.39, 0.29) is 12.8 Å². The van der Waals surface area contributed by atoms with Gasteiger partial charge in [0.2, 0.25) is 0 Å². The van der Waals surface area contributed by atoms with Gasteiger partial charge in [-0.2, -0.15) is 0 Å². The van der Waals surface area contributed by atoms with E-state index in [1.54, 1.807) is 0 Å². The topological polar surface area (TPSA) is 94.8 Å². The molecule has 5 heteroatoms. The number of unbranched alkanes of at least 4 members (excludes halogenated alkanes) is 5. The molecule has 3 N–H and O–H groups in total. The van der Waals surface area contributed by atoms with Gasteiger partial charge in [0.05, 0.1) is 12.8 Å². The van der Waals surface area contributed by atoms with Crippen LogP contribution in [0.25, 0.3) is 0 Å². The number of aliphatic hydroxyl groups is 1. The number of hydrogen-bond donors (Lipinski definition) is 3. The van der Waals surface area contributed by atoms with E-state index < -0.39 is 11.9 Å². The molecule has 0 atom stereocenters. The van der Waals surface area contributed by atoms with Crippen molar-refractivity contribution in [2.75, 3.05) is 6.61 Å². The molecule has 0 fully saturated rings. The summed E-state index contributed by atoms with van der Waals surface area (Å²) >= 11 is 0. The third kappa shape index (κ3) is 25.5. The zero-order valence-electron chi connectivity index (χ0n) is 12.4. The first kappa shape index (κ1) is 20.9. The Balaban J connectivity index is 0. The standard InChI is InChI=1S/C11H22O.C4H6O4/c1-2-3-4-5-6-7-8-9-10-11-12;5-3(6)1-2-4(7)8/h7-8,12H,2-6,9-11H2,1H3;1-2H2,(H,5,6)(H,7,8). The van der Waals surface area contributed by atoms with Crippen molar-refractivity contribution in [1.82, 2.24) is 0 Å². The van der Waals surface area contributed by atoms with Gasteiger partial charge in [-0.05, 0) is 25.7 Å². The van der Waals surface area contributed by atoms with Gasteiger partial charge in [-0.1, -0.05) is 38.3 Å². The maximum Gasteiger partial charge on any atom is 0.303 e. The summed E-state index contributed by atoms with van der Waals surface area (Å²) in [6.45, 7) is 2.55. The van der Waals surface area contributed by atoms with E-state index in [4.69, 9.17) is 15.3 Å². The van der Waals surface area contributed by atoms with Gasteiger partial charge < -0.3 is 15.3 Å². The molecule has 0 radical (unpaired) electrons. The largest absolute Gasteiger partial charge is 0.481 e. The van der Waals surface area contributed by atoms with Crippen LogP contribution in [0.5, 0.6) is 0 Å². The van der Waals surface area contributed by atoms with E-state index >= 15 is 0 Å². The third-order valence-corrected chi connectivity index (χ3v) is 2.47. The van der Waals surface area contributed by atoms with E-state index in [2.05, 4.69) is 19.1 Å². The predicted octanol–water partition coefficient (Wildman–Crippen LogP) is 3.22. The van der Waals surface area contributed by atoms with Gasteiger partial charge in [0.1, 0.15) is 0 Å². The van der Waals surface area contributed by atoms with Crippen molar-refractivity contribution in [2.24, 2.45) is 0 Å². The van der Waals surface area contributed by atoms with Crippen LogP contribution >= 0.6 is 0 Å². The highest BCUT2D eigenvalue weighted by Crippen LogP contribution is 2.03. The first-order valence-electron chi connectivity index (χ1n) is 7.24. The van der Waals surface area contributed by atoms with Gasteiger partial charge in [0, 0.05) is 6.61 Å². The number of allylic oxidation sites excluding steroid dienone is 2. The lowest BCUT2D eigenvalue weighted by Crippen LogP contribution is -2.00. The average molecular weight is 288 g/mol. The van der Waals surface area contributed by atoms with Crippen LogP contribution in [-0.2, 0) is 9.59 Å². The van der Waals surface area contributed by atoms with Gasteiger partial charge in [-0.15, -0.1) is 0 Å². The van der Waals surface area contributed by atoms with Crippen molar-refractivity contribution in [2.45, 2.75) is 64.7 Å². The van der Waals surface area contributed by atoms with E-state index in [0.29, 0.717) is 6.61 Å². The predicted molar refractivity (Wildman–Crippen MR) is 78.7 cm³/mol. The van der Waals surface area contributed by atoms with E-state index in [1.165, 1.54) is 32.1 Å². The molecule has 0 rings (SSSR count). The summed E-state index contributed by atoms with van der Waals surface area (Å²) in [5.74, 6) is -2.15. The van der Waals surface area contributed by atoms with Crippen molar-refractivity contribution in [3.63, 3.8) is 0 Å². The molecule has 0 saturated heterocycles. The average Bonchev–Trinajstić information content (AvgIpc) is 2.40. The minimum Gasteiger partial charge on any atom is -0.481 e. The van der Waals surface area contributed by atoms with Gasteiger partial charge in [-0.3, -0.25) is 9.59 Å². The number of aliphatic carboxylic acids is 2. The Hall–Kier alpha value is -1.36. The lowest BCUT2D eigenvalue weighted by atomic mass is 10.1. The van der Waals surface area contributed by atoms with E-state index in [9.17, 15) is 9.59 Å². The molecule has 0 aliphatic heterocycles. The SMILES string of the molecule is CCCCCCC=CCCCO.O=C(O)CCC(=O)O. The van der Waals surface area contributed by atoms with Gasteiger partial charge in [0.25, 0.3) is 0 Å². The minimum atomic E-state index is -1.08. The van der Waals surface area contributed by atoms with Crippen molar-refractivity contribution >= 4 is 11.9 Å². The summed E-state index contributed by atoms with van der Waals surface area (Å²) in [6, 6.07) is 0. The van der Waals surface area contributed by atoms with E-state index in [1.807, 2.05) is 0 Å². The molecular formula is C15H28O5. The number of aliphatic hydroxyl groups excluding tert-OH is 1. The molecule has 0 bridgehead atoms. The highest BCUT2D eigenvalue weighted by molar-refractivity contribution is 5.75. The van der Waals surface area contributed by atoms with Crippen molar-refractivity contribution in [3.8, 4) is 0 Å². The van der Waals surface area contributed by atoms with Crippen LogP contribution in [-0.4, -0.2) is 33.9 Å². The van der Waals surface area contributed by atoms with E-state index in [0.717, 1.165) is 12.8 Å². The monoisotopic (exact) mass is 288 g/mol. The second-order valence-corrected chi connectivity index (χ2v) is 4.47. The molecular weight excluding hydrogens is 260 g/mol. The molecule has 0 aromatic rings. The molecule has 0 unspecified atom stereocenters. The van der Waals surface area contributed by atoms with Crippen LogP contribution in [0.3, 0.4) is 0 Å². The molecule has 0 aromatic heterocycles. The normalized spacial score (nSPS) is 10.1. The Morgan fingerprint density at radius 1 is 0.850 bits per heavy atom. The summed E-state index contributed by atoms with van der Waals surface area (Å²) in [6.07, 6.45) is 12.3. The number of carbonyl (C=O) groups is 2. The molecule has 0 aliphatic rings. The smallest absolute Gasteiger partial charge is 0.303 e. The molecule has 0 aromatic carbocycles. The van der Waals surface area contributed by atoms with Crippen LogP contribution in [0.1, 0.15) is 64.7 Å². The number of carboxylic acids is 2. The lowest BCUT2D eigenvalue weighted by Gasteiger charge is -1.94. The van der Waals surface area contributed by atoms with Gasteiger partial charge >= 0.3 is 11.9 Å². The summed E-state index contributed by atoms with van der Waals surface area (Å²) in [4.78, 5) is 19.3. The molecule has 0 saturated carbocycles. The fraction of sp³-hybridized carbons (Fsp3) is 0.733. The summed E-state index contributed by atoms with van der Waals surface area (Å²) in [5.41, 5.74) is 0. The zero-order valence-corrected chi connectivity index (χ0v) is 12.4. The van der Waals surface area contributed by atoms with Crippen LogP contribution in [0.4, 0.5) is 0 Å². The molecule has 0 spiro atoms. The molecule has 0 heterocycles. The summed E-state index contributed by atoms with van der Waals surface area (Å²) in [5, 5.41) is 24.3. The highest BCUT2D eigenvalue weighted by atomic mass is 16.4. The number of hydrogen-bond acceptors (Lipinski definition) is 3.